The lowest BCUT2D eigenvalue weighted by molar-refractivity contribution is -0.0947. The van der Waals surface area contributed by atoms with Gasteiger partial charge < -0.3 is 14.8 Å². The minimum Gasteiger partial charge on any atom is -0.494 e. The molecule has 1 N–H and O–H groups in total. The van der Waals surface area contributed by atoms with E-state index in [1.807, 2.05) is 6.92 Å². The third-order valence-corrected chi connectivity index (χ3v) is 4.54. The summed E-state index contributed by atoms with van der Waals surface area (Å²) in [5.41, 5.74) is 1.65. The first-order valence-corrected chi connectivity index (χ1v) is 7.37. The molecule has 0 aliphatic carbocycles. The summed E-state index contributed by atoms with van der Waals surface area (Å²) in [4.78, 5) is 0. The molecule has 0 spiro atoms. The van der Waals surface area contributed by atoms with Crippen LogP contribution in [0.3, 0.4) is 0 Å². The maximum Gasteiger partial charge on any atom is 0.119 e. The summed E-state index contributed by atoms with van der Waals surface area (Å²) >= 11 is 0. The van der Waals surface area contributed by atoms with Crippen molar-refractivity contribution >= 4 is 0 Å². The van der Waals surface area contributed by atoms with Gasteiger partial charge in [-0.15, -0.1) is 0 Å². The van der Waals surface area contributed by atoms with Crippen LogP contribution in [0, 0.1) is 5.92 Å². The maximum absolute atomic E-state index is 5.56. The Morgan fingerprint density at radius 2 is 2.11 bits per heavy atom. The standard InChI is InChI=1S/C16H23NO2/c1-2-19-15-7-5-13(6-8-15)16(11-18-12-16)14-4-3-9-17-10-14/h5-8,14,17H,2-4,9-12H2,1H3. The molecule has 0 bridgehead atoms. The molecule has 1 aromatic rings. The highest BCUT2D eigenvalue weighted by molar-refractivity contribution is 5.35. The van der Waals surface area contributed by atoms with E-state index in [4.69, 9.17) is 9.47 Å². The zero-order valence-electron chi connectivity index (χ0n) is 11.7. The molecule has 1 aromatic carbocycles. The molecule has 0 radical (unpaired) electrons. The topological polar surface area (TPSA) is 30.5 Å². The van der Waals surface area contributed by atoms with E-state index < -0.39 is 0 Å². The Morgan fingerprint density at radius 1 is 1.32 bits per heavy atom. The molecule has 0 saturated carbocycles. The number of rotatable bonds is 4. The molecule has 2 fully saturated rings. The zero-order valence-corrected chi connectivity index (χ0v) is 11.7. The summed E-state index contributed by atoms with van der Waals surface area (Å²) in [7, 11) is 0. The summed E-state index contributed by atoms with van der Waals surface area (Å²) in [6.07, 6.45) is 2.59. The molecular formula is C16H23NO2. The first-order chi connectivity index (χ1) is 9.35. The molecule has 104 valence electrons. The molecule has 3 nitrogen and oxygen atoms in total. The lowest BCUT2D eigenvalue weighted by atomic mass is 9.66. The van der Waals surface area contributed by atoms with E-state index in [9.17, 15) is 0 Å². The van der Waals surface area contributed by atoms with Gasteiger partial charge in [0.1, 0.15) is 5.75 Å². The van der Waals surface area contributed by atoms with Crippen molar-refractivity contribution in [1.29, 1.82) is 0 Å². The summed E-state index contributed by atoms with van der Waals surface area (Å²) in [5, 5.41) is 3.53. The van der Waals surface area contributed by atoms with Gasteiger partial charge in [-0.1, -0.05) is 12.1 Å². The van der Waals surface area contributed by atoms with Gasteiger partial charge in [0.15, 0.2) is 0 Å². The van der Waals surface area contributed by atoms with Crippen molar-refractivity contribution in [3.8, 4) is 5.75 Å². The molecule has 19 heavy (non-hydrogen) atoms. The number of benzene rings is 1. The smallest absolute Gasteiger partial charge is 0.119 e. The molecule has 3 heteroatoms. The van der Waals surface area contributed by atoms with Crippen molar-refractivity contribution in [3.63, 3.8) is 0 Å². The molecule has 0 amide bonds. The van der Waals surface area contributed by atoms with Crippen LogP contribution in [0.5, 0.6) is 5.75 Å². The van der Waals surface area contributed by atoms with Crippen LogP contribution in [0.15, 0.2) is 24.3 Å². The zero-order chi connectivity index (χ0) is 13.1. The third-order valence-electron chi connectivity index (χ3n) is 4.54. The summed E-state index contributed by atoms with van der Waals surface area (Å²) in [6.45, 7) is 6.76. The molecule has 2 aliphatic heterocycles. The Bertz CT molecular complexity index is 405. The van der Waals surface area contributed by atoms with Gasteiger partial charge in [-0.2, -0.15) is 0 Å². The van der Waals surface area contributed by atoms with Crippen LogP contribution in [0.25, 0.3) is 0 Å². The molecule has 3 rings (SSSR count). The summed E-state index contributed by atoms with van der Waals surface area (Å²) < 4.78 is 11.1. The summed E-state index contributed by atoms with van der Waals surface area (Å²) in [6, 6.07) is 8.63. The molecule has 0 aromatic heterocycles. The van der Waals surface area contributed by atoms with Crippen molar-refractivity contribution in [1.82, 2.24) is 5.32 Å². The number of piperidine rings is 1. The van der Waals surface area contributed by atoms with E-state index in [1.165, 1.54) is 18.4 Å². The van der Waals surface area contributed by atoms with Crippen LogP contribution in [0.2, 0.25) is 0 Å². The van der Waals surface area contributed by atoms with Crippen LogP contribution in [0.1, 0.15) is 25.3 Å². The number of nitrogens with one attached hydrogen (secondary N) is 1. The highest BCUT2D eigenvalue weighted by Crippen LogP contribution is 2.42. The fourth-order valence-corrected chi connectivity index (χ4v) is 3.33. The first-order valence-electron chi connectivity index (χ1n) is 7.37. The van der Waals surface area contributed by atoms with Gasteiger partial charge >= 0.3 is 0 Å². The van der Waals surface area contributed by atoms with Crippen LogP contribution < -0.4 is 10.1 Å². The Kier molecular flexibility index (Phi) is 3.76. The predicted octanol–water partition coefficient (Wildman–Crippen LogP) is 2.35. The molecule has 2 heterocycles. The quantitative estimate of drug-likeness (QED) is 0.902. The minimum absolute atomic E-state index is 0.234. The van der Waals surface area contributed by atoms with Crippen LogP contribution in [0.4, 0.5) is 0 Å². The van der Waals surface area contributed by atoms with Gasteiger partial charge in [0.05, 0.1) is 19.8 Å². The van der Waals surface area contributed by atoms with Gasteiger partial charge in [0.25, 0.3) is 0 Å². The van der Waals surface area contributed by atoms with E-state index in [0.717, 1.165) is 38.7 Å². The Hall–Kier alpha value is -1.06. The van der Waals surface area contributed by atoms with Gasteiger partial charge in [-0.3, -0.25) is 0 Å². The van der Waals surface area contributed by atoms with Crippen LogP contribution >= 0.6 is 0 Å². The van der Waals surface area contributed by atoms with Gasteiger partial charge in [-0.25, -0.2) is 0 Å². The largest absolute Gasteiger partial charge is 0.494 e. The summed E-state index contributed by atoms with van der Waals surface area (Å²) in [5.74, 6) is 1.66. The minimum atomic E-state index is 0.234. The fraction of sp³-hybridized carbons (Fsp3) is 0.625. The highest BCUT2D eigenvalue weighted by Gasteiger charge is 2.47. The Labute approximate surface area is 115 Å². The van der Waals surface area contributed by atoms with Crippen molar-refractivity contribution in [2.45, 2.75) is 25.2 Å². The van der Waals surface area contributed by atoms with Crippen LogP contribution in [-0.4, -0.2) is 32.9 Å². The normalized spacial score (nSPS) is 25.6. The Balaban J connectivity index is 1.80. The van der Waals surface area contributed by atoms with Crippen molar-refractivity contribution in [3.05, 3.63) is 29.8 Å². The fourth-order valence-electron chi connectivity index (χ4n) is 3.33. The molecule has 2 saturated heterocycles. The molecule has 1 unspecified atom stereocenters. The SMILES string of the molecule is CCOc1ccc(C2(C3CCCNC3)COC2)cc1. The van der Waals surface area contributed by atoms with Gasteiger partial charge in [-0.05, 0) is 56.5 Å². The number of hydrogen-bond acceptors (Lipinski definition) is 3. The highest BCUT2D eigenvalue weighted by atomic mass is 16.5. The van der Waals surface area contributed by atoms with Crippen molar-refractivity contribution in [2.75, 3.05) is 32.9 Å². The average Bonchev–Trinajstić information content (AvgIpc) is 2.41. The van der Waals surface area contributed by atoms with E-state index in [2.05, 4.69) is 29.6 Å². The number of hydrogen-bond donors (Lipinski definition) is 1. The lowest BCUT2D eigenvalue weighted by Crippen LogP contribution is -2.56. The second-order valence-electron chi connectivity index (χ2n) is 5.65. The van der Waals surface area contributed by atoms with E-state index >= 15 is 0 Å². The van der Waals surface area contributed by atoms with Crippen molar-refractivity contribution < 1.29 is 9.47 Å². The van der Waals surface area contributed by atoms with Gasteiger partial charge in [0, 0.05) is 5.41 Å². The maximum atomic E-state index is 5.56. The lowest BCUT2D eigenvalue weighted by Gasteiger charge is -2.49. The van der Waals surface area contributed by atoms with Crippen LogP contribution in [-0.2, 0) is 10.2 Å². The molecule has 2 aliphatic rings. The second kappa shape index (κ2) is 5.51. The van der Waals surface area contributed by atoms with E-state index in [0.29, 0.717) is 5.92 Å². The first kappa shape index (κ1) is 12.9. The van der Waals surface area contributed by atoms with E-state index in [-0.39, 0.29) is 5.41 Å². The monoisotopic (exact) mass is 261 g/mol. The average molecular weight is 261 g/mol. The van der Waals surface area contributed by atoms with E-state index in [1.54, 1.807) is 0 Å². The van der Waals surface area contributed by atoms with Gasteiger partial charge in [0.2, 0.25) is 0 Å². The van der Waals surface area contributed by atoms with Crippen molar-refractivity contribution in [2.24, 2.45) is 5.92 Å². The number of ether oxygens (including phenoxy) is 2. The second-order valence-corrected chi connectivity index (χ2v) is 5.65. The molecular weight excluding hydrogens is 238 g/mol. The predicted molar refractivity (Wildman–Crippen MR) is 75.7 cm³/mol. The Morgan fingerprint density at radius 3 is 2.63 bits per heavy atom. The molecule has 1 atom stereocenters. The third kappa shape index (κ3) is 2.37.